The molecule has 0 saturated heterocycles. The van der Waals surface area contributed by atoms with Crippen LogP contribution in [0.15, 0.2) is 65.8 Å². The Bertz CT molecular complexity index is 508. The number of rotatable bonds is 4. The highest BCUT2D eigenvalue weighted by Gasteiger charge is 2.32. The first kappa shape index (κ1) is 12.2. The number of nitrogens with zero attached hydrogens (tertiary/aromatic N) is 3. The fraction of sp³-hybridized carbons (Fsp3) is 0.143. The Morgan fingerprint density at radius 2 is 1.39 bits per heavy atom. The average Bonchev–Trinajstić information content (AvgIpc) is 2.47. The quantitative estimate of drug-likeness (QED) is 0.496. The van der Waals surface area contributed by atoms with Crippen LogP contribution >= 0.6 is 0 Å². The molecule has 0 amide bonds. The number of aliphatic hydroxyl groups excluding tert-OH is 1. The number of azide groups is 1. The van der Waals surface area contributed by atoms with Gasteiger partial charge in [0.15, 0.2) is 0 Å². The van der Waals surface area contributed by atoms with Crippen molar-refractivity contribution in [2.45, 2.75) is 5.54 Å². The van der Waals surface area contributed by atoms with Crippen LogP contribution in [0.4, 0.5) is 0 Å². The normalized spacial score (nSPS) is 10.7. The Morgan fingerprint density at radius 3 is 1.72 bits per heavy atom. The lowest BCUT2D eigenvalue weighted by atomic mass is 9.84. The third kappa shape index (κ3) is 2.07. The zero-order valence-corrected chi connectivity index (χ0v) is 9.77. The molecule has 0 unspecified atom stereocenters. The van der Waals surface area contributed by atoms with Crippen LogP contribution in [-0.2, 0) is 5.54 Å². The third-order valence-electron chi connectivity index (χ3n) is 2.95. The summed E-state index contributed by atoms with van der Waals surface area (Å²) < 4.78 is 0. The van der Waals surface area contributed by atoms with Crippen molar-refractivity contribution in [1.82, 2.24) is 0 Å². The van der Waals surface area contributed by atoms with Crippen molar-refractivity contribution in [3.05, 3.63) is 82.2 Å². The van der Waals surface area contributed by atoms with Gasteiger partial charge in [0, 0.05) is 4.91 Å². The highest BCUT2D eigenvalue weighted by molar-refractivity contribution is 5.38. The molecule has 0 saturated carbocycles. The van der Waals surface area contributed by atoms with Gasteiger partial charge in [0.2, 0.25) is 0 Å². The minimum Gasteiger partial charge on any atom is -0.395 e. The Labute approximate surface area is 105 Å². The number of aliphatic hydroxyl groups is 1. The maximum Gasteiger partial charge on any atom is 0.122 e. The zero-order chi connectivity index (χ0) is 12.8. The van der Waals surface area contributed by atoms with Gasteiger partial charge in [-0.05, 0) is 16.7 Å². The lowest BCUT2D eigenvalue weighted by molar-refractivity contribution is 0.223. The molecule has 0 aliphatic carbocycles. The Kier molecular flexibility index (Phi) is 3.63. The fourth-order valence-corrected chi connectivity index (χ4v) is 2.00. The van der Waals surface area contributed by atoms with Crippen LogP contribution in [0.3, 0.4) is 0 Å². The van der Waals surface area contributed by atoms with Gasteiger partial charge in [-0.2, -0.15) is 0 Å². The molecule has 18 heavy (non-hydrogen) atoms. The molecule has 4 heteroatoms. The molecule has 0 bridgehead atoms. The highest BCUT2D eigenvalue weighted by Crippen LogP contribution is 2.33. The molecule has 0 atom stereocenters. The molecule has 0 aliphatic heterocycles. The molecule has 0 radical (unpaired) electrons. The van der Waals surface area contributed by atoms with E-state index in [1.165, 1.54) is 0 Å². The summed E-state index contributed by atoms with van der Waals surface area (Å²) in [5.41, 5.74) is 9.29. The third-order valence-corrected chi connectivity index (χ3v) is 2.95. The first-order chi connectivity index (χ1) is 8.83. The van der Waals surface area contributed by atoms with Gasteiger partial charge in [0.25, 0.3) is 0 Å². The molecule has 0 aliphatic rings. The summed E-state index contributed by atoms with van der Waals surface area (Å²) in [6, 6.07) is 18.6. The largest absolute Gasteiger partial charge is 0.395 e. The van der Waals surface area contributed by atoms with Crippen molar-refractivity contribution in [1.29, 1.82) is 0 Å². The molecule has 90 valence electrons. The van der Waals surface area contributed by atoms with Crippen LogP contribution in [-0.4, -0.2) is 11.7 Å². The molecule has 2 rings (SSSR count). The van der Waals surface area contributed by atoms with E-state index in [1.807, 2.05) is 60.7 Å². The van der Waals surface area contributed by atoms with Crippen LogP contribution in [0.25, 0.3) is 10.4 Å². The molecule has 0 heterocycles. The SMILES string of the molecule is [N-]=[N+]=NC(CO)(c1ccccc1)c1ccccc1. The van der Waals surface area contributed by atoms with Crippen LogP contribution in [0.2, 0.25) is 0 Å². The molecule has 4 nitrogen and oxygen atoms in total. The van der Waals surface area contributed by atoms with Crippen LogP contribution in [0.5, 0.6) is 0 Å². The summed E-state index contributed by atoms with van der Waals surface area (Å²) >= 11 is 0. The molecule has 1 N–H and O–H groups in total. The van der Waals surface area contributed by atoms with Gasteiger partial charge >= 0.3 is 0 Å². The predicted molar refractivity (Wildman–Crippen MR) is 69.9 cm³/mol. The van der Waals surface area contributed by atoms with Gasteiger partial charge in [0.05, 0.1) is 6.61 Å². The van der Waals surface area contributed by atoms with Gasteiger partial charge in [-0.25, -0.2) is 0 Å². The van der Waals surface area contributed by atoms with E-state index in [0.29, 0.717) is 0 Å². The maximum absolute atomic E-state index is 9.75. The second-order valence-electron chi connectivity index (χ2n) is 3.94. The predicted octanol–water partition coefficient (Wildman–Crippen LogP) is 3.23. The van der Waals surface area contributed by atoms with Crippen molar-refractivity contribution >= 4 is 0 Å². The first-order valence-electron chi connectivity index (χ1n) is 5.61. The maximum atomic E-state index is 9.75. The van der Waals surface area contributed by atoms with E-state index < -0.39 is 5.54 Å². The second-order valence-corrected chi connectivity index (χ2v) is 3.94. The summed E-state index contributed by atoms with van der Waals surface area (Å²) in [6.07, 6.45) is 0. The van der Waals surface area contributed by atoms with E-state index in [0.717, 1.165) is 11.1 Å². The number of hydrogen-bond donors (Lipinski definition) is 1. The van der Waals surface area contributed by atoms with Crippen molar-refractivity contribution in [2.24, 2.45) is 5.11 Å². The van der Waals surface area contributed by atoms with Gasteiger partial charge in [-0.15, -0.1) is 0 Å². The summed E-state index contributed by atoms with van der Waals surface area (Å²) in [5.74, 6) is 0. The van der Waals surface area contributed by atoms with Crippen LogP contribution in [0.1, 0.15) is 11.1 Å². The Morgan fingerprint density at radius 1 is 0.944 bits per heavy atom. The van der Waals surface area contributed by atoms with Crippen molar-refractivity contribution in [3.63, 3.8) is 0 Å². The van der Waals surface area contributed by atoms with E-state index in [1.54, 1.807) is 0 Å². The summed E-state index contributed by atoms with van der Waals surface area (Å²) in [7, 11) is 0. The van der Waals surface area contributed by atoms with E-state index >= 15 is 0 Å². The topological polar surface area (TPSA) is 69.0 Å². The van der Waals surface area contributed by atoms with E-state index in [2.05, 4.69) is 10.0 Å². The Balaban J connectivity index is 2.65. The minimum atomic E-state index is -1.06. The molecule has 2 aromatic carbocycles. The van der Waals surface area contributed by atoms with Gasteiger partial charge in [-0.3, -0.25) is 0 Å². The highest BCUT2D eigenvalue weighted by atomic mass is 16.3. The minimum absolute atomic E-state index is 0.273. The fourth-order valence-electron chi connectivity index (χ4n) is 2.00. The lowest BCUT2D eigenvalue weighted by Gasteiger charge is -2.27. The summed E-state index contributed by atoms with van der Waals surface area (Å²) in [6.45, 7) is -0.273. The zero-order valence-electron chi connectivity index (χ0n) is 9.77. The van der Waals surface area contributed by atoms with E-state index in [9.17, 15) is 5.11 Å². The van der Waals surface area contributed by atoms with Gasteiger partial charge < -0.3 is 5.11 Å². The molecule has 2 aromatic rings. The molecule has 0 spiro atoms. The number of hydrogen-bond acceptors (Lipinski definition) is 2. The van der Waals surface area contributed by atoms with Crippen molar-refractivity contribution in [3.8, 4) is 0 Å². The van der Waals surface area contributed by atoms with Gasteiger partial charge in [-0.1, -0.05) is 65.8 Å². The van der Waals surface area contributed by atoms with Gasteiger partial charge in [0.1, 0.15) is 5.54 Å². The van der Waals surface area contributed by atoms with Crippen molar-refractivity contribution < 1.29 is 5.11 Å². The van der Waals surface area contributed by atoms with E-state index in [-0.39, 0.29) is 6.61 Å². The first-order valence-corrected chi connectivity index (χ1v) is 5.61. The monoisotopic (exact) mass is 239 g/mol. The van der Waals surface area contributed by atoms with Crippen LogP contribution < -0.4 is 0 Å². The Hall–Kier alpha value is -2.29. The van der Waals surface area contributed by atoms with E-state index in [4.69, 9.17) is 5.53 Å². The summed E-state index contributed by atoms with van der Waals surface area (Å²) in [5, 5.41) is 13.6. The molecule has 0 fully saturated rings. The lowest BCUT2D eigenvalue weighted by Crippen LogP contribution is -2.29. The average molecular weight is 239 g/mol. The standard InChI is InChI=1S/C14H13N3O/c15-17-16-14(11-18,12-7-3-1-4-8-12)13-9-5-2-6-10-13/h1-10,18H,11H2. The summed E-state index contributed by atoms with van der Waals surface area (Å²) in [4.78, 5) is 2.90. The number of benzene rings is 2. The molecule has 0 aromatic heterocycles. The molecular weight excluding hydrogens is 226 g/mol. The smallest absolute Gasteiger partial charge is 0.122 e. The molecular formula is C14H13N3O. The van der Waals surface area contributed by atoms with Crippen molar-refractivity contribution in [2.75, 3.05) is 6.61 Å². The second kappa shape index (κ2) is 5.36. The van der Waals surface area contributed by atoms with Crippen LogP contribution in [0, 0.1) is 0 Å².